The maximum Gasteiger partial charge on any atom is 0.248 e. The minimum atomic E-state index is -0.538. The fourth-order valence-electron chi connectivity index (χ4n) is 1.51. The van der Waals surface area contributed by atoms with Crippen LogP contribution in [0.4, 0.5) is 11.4 Å². The van der Waals surface area contributed by atoms with Crippen LogP contribution in [0.1, 0.15) is 31.1 Å². The van der Waals surface area contributed by atoms with E-state index in [-0.39, 0.29) is 18.0 Å². The third-order valence-corrected chi connectivity index (χ3v) is 2.29. The molecule has 2 amide bonds. The van der Waals surface area contributed by atoms with E-state index in [2.05, 4.69) is 10.6 Å². The Balaban J connectivity index is 2.64. The molecule has 6 N–H and O–H groups in total. The van der Waals surface area contributed by atoms with Gasteiger partial charge in [-0.15, -0.1) is 0 Å². The lowest BCUT2D eigenvalue weighted by atomic mass is 10.1. The highest BCUT2D eigenvalue weighted by Crippen LogP contribution is 2.19. The van der Waals surface area contributed by atoms with Crippen molar-refractivity contribution in [3.63, 3.8) is 0 Å². The summed E-state index contributed by atoms with van der Waals surface area (Å²) < 4.78 is 0. The fourth-order valence-corrected chi connectivity index (χ4v) is 1.51. The van der Waals surface area contributed by atoms with E-state index in [0.717, 1.165) is 0 Å². The molecule has 0 aliphatic carbocycles. The van der Waals surface area contributed by atoms with E-state index >= 15 is 0 Å². The molecule has 0 aliphatic rings. The number of nitrogens with one attached hydrogen (secondary N) is 2. The van der Waals surface area contributed by atoms with Crippen LogP contribution in [-0.4, -0.2) is 23.9 Å². The first kappa shape index (κ1) is 14.8. The van der Waals surface area contributed by atoms with Crippen LogP contribution in [0.2, 0.25) is 0 Å². The van der Waals surface area contributed by atoms with E-state index in [0.29, 0.717) is 16.9 Å². The van der Waals surface area contributed by atoms with Crippen LogP contribution in [0.5, 0.6) is 0 Å². The van der Waals surface area contributed by atoms with Gasteiger partial charge in [-0.05, 0) is 39.0 Å². The van der Waals surface area contributed by atoms with Crippen molar-refractivity contribution in [2.75, 3.05) is 17.6 Å². The minimum Gasteiger partial charge on any atom is -0.397 e. The lowest BCUT2D eigenvalue weighted by Gasteiger charge is -2.21. The SMILES string of the molecule is CC(C)(C)NC(=O)CNc1ccc(C(N)=O)cc1N. The number of rotatable bonds is 4. The summed E-state index contributed by atoms with van der Waals surface area (Å²) >= 11 is 0. The molecule has 6 nitrogen and oxygen atoms in total. The molecule has 0 saturated heterocycles. The zero-order valence-corrected chi connectivity index (χ0v) is 11.4. The third-order valence-electron chi connectivity index (χ3n) is 2.29. The van der Waals surface area contributed by atoms with Crippen LogP contribution in [0.25, 0.3) is 0 Å². The van der Waals surface area contributed by atoms with Crippen molar-refractivity contribution in [2.24, 2.45) is 5.73 Å². The molecule has 0 atom stereocenters. The second kappa shape index (κ2) is 5.60. The second-order valence-electron chi connectivity index (χ2n) is 5.32. The highest BCUT2D eigenvalue weighted by molar-refractivity contribution is 5.95. The standard InChI is InChI=1S/C13H20N4O2/c1-13(2,3)17-11(18)7-16-10-5-4-8(12(15)19)6-9(10)14/h4-6,16H,7,14H2,1-3H3,(H2,15,19)(H,17,18). The van der Waals surface area contributed by atoms with Crippen LogP contribution < -0.4 is 22.1 Å². The molecule has 6 heteroatoms. The topological polar surface area (TPSA) is 110 Å². The number of benzene rings is 1. The average molecular weight is 264 g/mol. The first-order chi connectivity index (χ1) is 8.69. The molecule has 0 heterocycles. The molecule has 0 unspecified atom stereocenters. The van der Waals surface area contributed by atoms with Crippen molar-refractivity contribution < 1.29 is 9.59 Å². The van der Waals surface area contributed by atoms with Gasteiger partial charge in [0.05, 0.1) is 17.9 Å². The largest absolute Gasteiger partial charge is 0.397 e. The van der Waals surface area contributed by atoms with Crippen LogP contribution in [-0.2, 0) is 4.79 Å². The van der Waals surface area contributed by atoms with Gasteiger partial charge in [-0.1, -0.05) is 0 Å². The summed E-state index contributed by atoms with van der Waals surface area (Å²) in [5.74, 6) is -0.672. The van der Waals surface area contributed by atoms with E-state index in [1.807, 2.05) is 20.8 Å². The predicted molar refractivity (Wildman–Crippen MR) is 75.8 cm³/mol. The molecule has 0 bridgehead atoms. The Hall–Kier alpha value is -2.24. The van der Waals surface area contributed by atoms with Gasteiger partial charge >= 0.3 is 0 Å². The van der Waals surface area contributed by atoms with Crippen molar-refractivity contribution in [1.29, 1.82) is 0 Å². The summed E-state index contributed by atoms with van der Waals surface area (Å²) in [6.07, 6.45) is 0. The van der Waals surface area contributed by atoms with Gasteiger partial charge in [-0.2, -0.15) is 0 Å². The van der Waals surface area contributed by atoms with Crippen LogP contribution in [0.15, 0.2) is 18.2 Å². The number of hydrogen-bond acceptors (Lipinski definition) is 4. The quantitative estimate of drug-likeness (QED) is 0.600. The van der Waals surface area contributed by atoms with E-state index < -0.39 is 5.91 Å². The van der Waals surface area contributed by atoms with Gasteiger partial charge in [0, 0.05) is 11.1 Å². The number of anilines is 2. The average Bonchev–Trinajstić information content (AvgIpc) is 2.24. The van der Waals surface area contributed by atoms with Crippen molar-refractivity contribution in [3.8, 4) is 0 Å². The lowest BCUT2D eigenvalue weighted by Crippen LogP contribution is -2.43. The summed E-state index contributed by atoms with van der Waals surface area (Å²) in [6, 6.07) is 4.66. The fraction of sp³-hybridized carbons (Fsp3) is 0.385. The molecular weight excluding hydrogens is 244 g/mol. The molecule has 1 aromatic carbocycles. The van der Waals surface area contributed by atoms with E-state index in [4.69, 9.17) is 11.5 Å². The van der Waals surface area contributed by atoms with Crippen molar-refractivity contribution in [3.05, 3.63) is 23.8 Å². The molecule has 0 radical (unpaired) electrons. The zero-order chi connectivity index (χ0) is 14.6. The molecule has 0 aromatic heterocycles. The predicted octanol–water partition coefficient (Wildman–Crippen LogP) is 0.694. The highest BCUT2D eigenvalue weighted by atomic mass is 16.2. The number of nitrogens with two attached hydrogens (primary N) is 2. The maximum atomic E-state index is 11.6. The van der Waals surface area contributed by atoms with Gasteiger partial charge in [0.25, 0.3) is 0 Å². The van der Waals surface area contributed by atoms with Crippen LogP contribution in [0.3, 0.4) is 0 Å². The Bertz CT molecular complexity index is 492. The summed E-state index contributed by atoms with van der Waals surface area (Å²) in [4.78, 5) is 22.6. The smallest absolute Gasteiger partial charge is 0.248 e. The zero-order valence-electron chi connectivity index (χ0n) is 11.4. The Kier molecular flexibility index (Phi) is 4.37. The first-order valence-corrected chi connectivity index (χ1v) is 5.93. The lowest BCUT2D eigenvalue weighted by molar-refractivity contribution is -0.120. The summed E-state index contributed by atoms with van der Waals surface area (Å²) in [7, 11) is 0. The van der Waals surface area contributed by atoms with E-state index in [1.54, 1.807) is 12.1 Å². The van der Waals surface area contributed by atoms with Gasteiger partial charge in [-0.3, -0.25) is 9.59 Å². The number of primary amides is 1. The number of hydrogen-bond donors (Lipinski definition) is 4. The summed E-state index contributed by atoms with van der Waals surface area (Å²) in [6.45, 7) is 5.82. The van der Waals surface area contributed by atoms with Crippen LogP contribution >= 0.6 is 0 Å². The Morgan fingerprint density at radius 3 is 2.37 bits per heavy atom. The monoisotopic (exact) mass is 264 g/mol. The van der Waals surface area contributed by atoms with E-state index in [9.17, 15) is 9.59 Å². The van der Waals surface area contributed by atoms with Gasteiger partial charge < -0.3 is 22.1 Å². The molecule has 19 heavy (non-hydrogen) atoms. The van der Waals surface area contributed by atoms with Gasteiger partial charge in [0.1, 0.15) is 0 Å². The number of amides is 2. The number of nitrogen functional groups attached to an aromatic ring is 1. The molecule has 0 aliphatic heterocycles. The molecular formula is C13H20N4O2. The maximum absolute atomic E-state index is 11.6. The minimum absolute atomic E-state index is 0.109. The number of carbonyl (C=O) groups excluding carboxylic acids is 2. The molecule has 0 fully saturated rings. The Morgan fingerprint density at radius 2 is 1.89 bits per heavy atom. The Morgan fingerprint density at radius 1 is 1.26 bits per heavy atom. The first-order valence-electron chi connectivity index (χ1n) is 5.93. The van der Waals surface area contributed by atoms with Gasteiger partial charge in [-0.25, -0.2) is 0 Å². The van der Waals surface area contributed by atoms with Gasteiger partial charge in [0.2, 0.25) is 11.8 Å². The third kappa shape index (κ3) is 4.87. The molecule has 0 saturated carbocycles. The van der Waals surface area contributed by atoms with Gasteiger partial charge in [0.15, 0.2) is 0 Å². The molecule has 1 rings (SSSR count). The highest BCUT2D eigenvalue weighted by Gasteiger charge is 2.13. The number of carbonyl (C=O) groups is 2. The summed E-state index contributed by atoms with van der Waals surface area (Å²) in [5, 5.41) is 5.73. The van der Waals surface area contributed by atoms with Crippen molar-refractivity contribution in [1.82, 2.24) is 5.32 Å². The van der Waals surface area contributed by atoms with E-state index in [1.165, 1.54) is 6.07 Å². The van der Waals surface area contributed by atoms with Crippen LogP contribution in [0, 0.1) is 0 Å². The summed E-state index contributed by atoms with van der Waals surface area (Å²) in [5.41, 5.74) is 11.9. The normalized spacial score (nSPS) is 10.9. The second-order valence-corrected chi connectivity index (χ2v) is 5.32. The molecule has 1 aromatic rings. The Labute approximate surface area is 112 Å². The molecule has 104 valence electrons. The van der Waals surface area contributed by atoms with Crippen molar-refractivity contribution in [2.45, 2.75) is 26.3 Å². The van der Waals surface area contributed by atoms with Crippen molar-refractivity contribution >= 4 is 23.2 Å². The molecule has 0 spiro atoms.